The Labute approximate surface area is 203 Å². The molecule has 2 aromatic carbocycles. The van der Waals surface area contributed by atoms with Crippen molar-refractivity contribution in [3.8, 4) is 5.75 Å². The third-order valence-electron chi connectivity index (χ3n) is 6.27. The molecule has 0 aliphatic carbocycles. The van der Waals surface area contributed by atoms with Gasteiger partial charge >= 0.3 is 0 Å². The second kappa shape index (κ2) is 9.35. The third-order valence-corrected chi connectivity index (χ3v) is 6.59. The van der Waals surface area contributed by atoms with Crippen LogP contribution in [0.2, 0.25) is 5.02 Å². The number of nitrogens with zero attached hydrogens (tertiary/aromatic N) is 3. The molecule has 2 aromatic heterocycles. The largest absolute Gasteiger partial charge is 0.486 e. The average Bonchev–Trinajstić information content (AvgIpc) is 3.29. The Morgan fingerprint density at radius 2 is 1.97 bits per heavy atom. The molecule has 0 amide bonds. The van der Waals surface area contributed by atoms with Crippen molar-refractivity contribution in [3.63, 3.8) is 0 Å². The molecule has 8 heteroatoms. The van der Waals surface area contributed by atoms with Gasteiger partial charge in [0.25, 0.3) is 0 Å². The highest BCUT2D eigenvalue weighted by atomic mass is 35.5. The lowest BCUT2D eigenvalue weighted by atomic mass is 10.1. The molecule has 174 valence electrons. The van der Waals surface area contributed by atoms with E-state index in [2.05, 4.69) is 32.0 Å². The van der Waals surface area contributed by atoms with Crippen molar-refractivity contribution in [1.82, 2.24) is 15.0 Å². The van der Waals surface area contributed by atoms with Gasteiger partial charge in [-0.3, -0.25) is 10.4 Å². The number of rotatable bonds is 6. The zero-order valence-corrected chi connectivity index (χ0v) is 19.8. The molecule has 3 heterocycles. The summed E-state index contributed by atoms with van der Waals surface area (Å²) < 4.78 is 6.10. The molecule has 0 bridgehead atoms. The molecule has 0 saturated carbocycles. The lowest BCUT2D eigenvalue weighted by Crippen LogP contribution is -2.29. The summed E-state index contributed by atoms with van der Waals surface area (Å²) in [5.41, 5.74) is 11.3. The number of imidazole rings is 1. The van der Waals surface area contributed by atoms with Gasteiger partial charge in [0.2, 0.25) is 0 Å². The van der Waals surface area contributed by atoms with Gasteiger partial charge in [0, 0.05) is 48.0 Å². The highest BCUT2D eigenvalue weighted by molar-refractivity contribution is 6.31. The lowest BCUT2D eigenvalue weighted by molar-refractivity contribution is 0.227. The number of nitrogens with one attached hydrogen (secondary N) is 2. The van der Waals surface area contributed by atoms with Crippen LogP contribution in [0.25, 0.3) is 11.0 Å². The standard InChI is InChI=1S/C26H27ClN6O/c1-16(19-9-10-30-15-21(19)27)34-18-6-7-22(28)20(14-18)25(29)26-31-23-8-5-17(13-24(23)32-26)33-11-3-2-4-12-33/h5-10,13-16,29H,2-4,11-12,28H2,1H3,(H,31,32). The summed E-state index contributed by atoms with van der Waals surface area (Å²) in [6.45, 7) is 4.07. The first-order valence-corrected chi connectivity index (χ1v) is 11.9. The first-order chi connectivity index (χ1) is 16.5. The molecule has 34 heavy (non-hydrogen) atoms. The number of nitrogen functional groups attached to an aromatic ring is 1. The van der Waals surface area contributed by atoms with Crippen molar-refractivity contribution in [3.05, 3.63) is 76.8 Å². The first-order valence-electron chi connectivity index (χ1n) is 11.5. The van der Waals surface area contributed by atoms with Gasteiger partial charge in [-0.05, 0) is 68.7 Å². The fourth-order valence-electron chi connectivity index (χ4n) is 4.40. The van der Waals surface area contributed by atoms with Crippen molar-refractivity contribution in [2.45, 2.75) is 32.3 Å². The van der Waals surface area contributed by atoms with Gasteiger partial charge in [0.1, 0.15) is 17.6 Å². The number of aromatic amines is 1. The number of H-pyrrole nitrogens is 1. The van der Waals surface area contributed by atoms with Crippen LogP contribution < -0.4 is 15.4 Å². The van der Waals surface area contributed by atoms with Crippen LogP contribution in [-0.2, 0) is 0 Å². The van der Waals surface area contributed by atoms with Crippen LogP contribution in [0.3, 0.4) is 0 Å². The maximum atomic E-state index is 8.80. The monoisotopic (exact) mass is 474 g/mol. The zero-order valence-electron chi connectivity index (χ0n) is 19.0. The van der Waals surface area contributed by atoms with Gasteiger partial charge in [0.05, 0.1) is 16.1 Å². The van der Waals surface area contributed by atoms with E-state index in [4.69, 9.17) is 27.5 Å². The van der Waals surface area contributed by atoms with Crippen molar-refractivity contribution in [1.29, 1.82) is 5.41 Å². The average molecular weight is 475 g/mol. The number of hydrogen-bond donors (Lipinski definition) is 3. The number of pyridine rings is 1. The van der Waals surface area contributed by atoms with E-state index in [0.717, 1.165) is 29.7 Å². The number of anilines is 2. The molecule has 4 aromatic rings. The highest BCUT2D eigenvalue weighted by Crippen LogP contribution is 2.30. The number of halogens is 1. The summed E-state index contributed by atoms with van der Waals surface area (Å²) in [5, 5.41) is 9.35. The number of aromatic nitrogens is 3. The normalized spacial score (nSPS) is 14.8. The van der Waals surface area contributed by atoms with E-state index in [0.29, 0.717) is 27.8 Å². The smallest absolute Gasteiger partial charge is 0.157 e. The van der Waals surface area contributed by atoms with Crippen LogP contribution in [0, 0.1) is 5.41 Å². The zero-order chi connectivity index (χ0) is 23.7. The molecule has 1 aliphatic rings. The van der Waals surface area contributed by atoms with Crippen LogP contribution in [0.1, 0.15) is 49.2 Å². The number of hydrogen-bond acceptors (Lipinski definition) is 6. The maximum absolute atomic E-state index is 8.80. The Hall–Kier alpha value is -3.58. The molecule has 0 spiro atoms. The van der Waals surface area contributed by atoms with E-state index in [1.54, 1.807) is 30.6 Å². The molecule has 1 saturated heterocycles. The Morgan fingerprint density at radius 1 is 1.15 bits per heavy atom. The van der Waals surface area contributed by atoms with Gasteiger partial charge in [-0.1, -0.05) is 11.6 Å². The van der Waals surface area contributed by atoms with Crippen molar-refractivity contribution in [2.24, 2.45) is 0 Å². The molecule has 7 nitrogen and oxygen atoms in total. The number of benzene rings is 2. The van der Waals surface area contributed by atoms with Crippen molar-refractivity contribution < 1.29 is 4.74 Å². The van der Waals surface area contributed by atoms with E-state index in [1.165, 1.54) is 24.9 Å². The second-order valence-electron chi connectivity index (χ2n) is 8.62. The summed E-state index contributed by atoms with van der Waals surface area (Å²) >= 11 is 6.26. The van der Waals surface area contributed by atoms with Gasteiger partial charge in [-0.15, -0.1) is 0 Å². The van der Waals surface area contributed by atoms with Crippen molar-refractivity contribution in [2.75, 3.05) is 23.7 Å². The molecule has 1 unspecified atom stereocenters. The minimum absolute atomic E-state index is 0.216. The molecule has 1 fully saturated rings. The van der Waals surface area contributed by atoms with Crippen LogP contribution in [0.5, 0.6) is 5.75 Å². The van der Waals surface area contributed by atoms with Crippen molar-refractivity contribution >= 4 is 39.7 Å². The minimum atomic E-state index is -0.291. The van der Waals surface area contributed by atoms with Crippen LogP contribution >= 0.6 is 11.6 Å². The molecule has 1 atom stereocenters. The van der Waals surface area contributed by atoms with E-state index in [1.807, 2.05) is 19.1 Å². The van der Waals surface area contributed by atoms with Gasteiger partial charge in [0.15, 0.2) is 5.82 Å². The lowest BCUT2D eigenvalue weighted by Gasteiger charge is -2.28. The molecule has 4 N–H and O–H groups in total. The van der Waals surface area contributed by atoms with Gasteiger partial charge in [-0.25, -0.2) is 4.98 Å². The Balaban J connectivity index is 1.40. The molecule has 1 aliphatic heterocycles. The predicted octanol–water partition coefficient (Wildman–Crippen LogP) is 5.74. The fraction of sp³-hybridized carbons (Fsp3) is 0.269. The molecule has 0 radical (unpaired) electrons. The number of fused-ring (bicyclic) bond motifs is 1. The summed E-state index contributed by atoms with van der Waals surface area (Å²) in [6.07, 6.45) is 6.73. The quantitative estimate of drug-likeness (QED) is 0.244. The molecular formula is C26H27ClN6O. The Kier molecular flexibility index (Phi) is 6.11. The van der Waals surface area contributed by atoms with Crippen LogP contribution in [0.15, 0.2) is 54.9 Å². The molecular weight excluding hydrogens is 448 g/mol. The van der Waals surface area contributed by atoms with Crippen LogP contribution in [-0.4, -0.2) is 33.8 Å². The Bertz CT molecular complexity index is 1340. The number of nitrogens with two attached hydrogens (primary N) is 1. The second-order valence-corrected chi connectivity index (χ2v) is 9.02. The fourth-order valence-corrected chi connectivity index (χ4v) is 4.67. The maximum Gasteiger partial charge on any atom is 0.157 e. The summed E-state index contributed by atoms with van der Waals surface area (Å²) in [5.74, 6) is 1.07. The first kappa shape index (κ1) is 22.2. The van der Waals surface area contributed by atoms with Gasteiger partial charge < -0.3 is 20.4 Å². The third kappa shape index (κ3) is 4.43. The number of ether oxygens (including phenoxy) is 1. The predicted molar refractivity (Wildman–Crippen MR) is 137 cm³/mol. The summed E-state index contributed by atoms with van der Waals surface area (Å²) in [7, 11) is 0. The SMILES string of the molecule is CC(Oc1ccc(N)c(C(=N)c2nc3ccc(N4CCCCC4)cc3[nH]2)c1)c1ccncc1Cl. The van der Waals surface area contributed by atoms with Crippen LogP contribution in [0.4, 0.5) is 11.4 Å². The Morgan fingerprint density at radius 3 is 2.76 bits per heavy atom. The highest BCUT2D eigenvalue weighted by Gasteiger charge is 2.18. The summed E-state index contributed by atoms with van der Waals surface area (Å²) in [6, 6.07) is 13.4. The minimum Gasteiger partial charge on any atom is -0.486 e. The molecule has 5 rings (SSSR count). The van der Waals surface area contributed by atoms with Gasteiger partial charge in [-0.2, -0.15) is 0 Å². The topological polar surface area (TPSA) is 104 Å². The van der Waals surface area contributed by atoms with E-state index in [-0.39, 0.29) is 11.8 Å². The van der Waals surface area contributed by atoms with E-state index in [9.17, 15) is 0 Å². The van der Waals surface area contributed by atoms with E-state index >= 15 is 0 Å². The summed E-state index contributed by atoms with van der Waals surface area (Å²) in [4.78, 5) is 14.4. The van der Waals surface area contributed by atoms with E-state index < -0.39 is 0 Å². The number of piperidine rings is 1.